The number of rotatable bonds is 6. The smallest absolute Gasteiger partial charge is 0.254 e. The second-order valence-electron chi connectivity index (χ2n) is 10.3. The van der Waals surface area contributed by atoms with Gasteiger partial charge in [0.2, 0.25) is 0 Å². The van der Waals surface area contributed by atoms with E-state index >= 15 is 0 Å². The van der Waals surface area contributed by atoms with E-state index in [2.05, 4.69) is 59.0 Å². The first-order chi connectivity index (χ1) is 16.1. The van der Waals surface area contributed by atoms with E-state index in [0.717, 1.165) is 17.9 Å². The summed E-state index contributed by atoms with van der Waals surface area (Å²) in [4.78, 5) is 15.2. The van der Waals surface area contributed by atoms with Crippen LogP contribution in [0.15, 0.2) is 53.3 Å². The van der Waals surface area contributed by atoms with Crippen LogP contribution in [-0.2, 0) is 6.54 Å². The largest absolute Gasteiger partial charge is 0.472 e. The number of aromatic nitrogens is 1. The number of piperidine rings is 1. The number of furan rings is 1. The topological polar surface area (TPSA) is 50.4 Å². The Hall–Kier alpha value is -2.53. The summed E-state index contributed by atoms with van der Waals surface area (Å²) in [6, 6.07) is 13.8. The highest BCUT2D eigenvalue weighted by molar-refractivity contribution is 5.93. The molecule has 1 aliphatic heterocycles. The molecule has 3 heterocycles. The highest BCUT2D eigenvalue weighted by Gasteiger charge is 2.31. The molecule has 3 aromatic rings. The summed E-state index contributed by atoms with van der Waals surface area (Å²) in [6.45, 7) is 7.64. The van der Waals surface area contributed by atoms with Crippen molar-refractivity contribution in [3.63, 3.8) is 0 Å². The van der Waals surface area contributed by atoms with E-state index in [0.29, 0.717) is 18.2 Å². The van der Waals surface area contributed by atoms with Crippen molar-refractivity contribution in [2.24, 2.45) is 11.8 Å². The van der Waals surface area contributed by atoms with E-state index < -0.39 is 0 Å². The second kappa shape index (κ2) is 9.76. The van der Waals surface area contributed by atoms with Gasteiger partial charge in [-0.25, -0.2) is 0 Å². The predicted octanol–water partition coefficient (Wildman–Crippen LogP) is 6.02. The third-order valence-electron chi connectivity index (χ3n) is 8.11. The molecule has 1 N–H and O–H groups in total. The van der Waals surface area contributed by atoms with Crippen LogP contribution in [0.2, 0.25) is 0 Å². The number of benzene rings is 1. The molecular weight excluding hydrogens is 410 g/mol. The highest BCUT2D eigenvalue weighted by atomic mass is 16.3. The van der Waals surface area contributed by atoms with Crippen LogP contribution >= 0.6 is 0 Å². The summed E-state index contributed by atoms with van der Waals surface area (Å²) in [5.41, 5.74) is 3.03. The lowest BCUT2D eigenvalue weighted by molar-refractivity contribution is 0.0884. The van der Waals surface area contributed by atoms with Crippen LogP contribution in [-0.4, -0.2) is 34.5 Å². The zero-order valence-electron chi connectivity index (χ0n) is 20.0. The predicted molar refractivity (Wildman–Crippen MR) is 132 cm³/mol. The number of likely N-dealkylation sites (tertiary alicyclic amines) is 1. The van der Waals surface area contributed by atoms with Gasteiger partial charge < -0.3 is 19.2 Å². The zero-order chi connectivity index (χ0) is 22.8. The van der Waals surface area contributed by atoms with Crippen molar-refractivity contribution in [1.29, 1.82) is 0 Å². The Balaban J connectivity index is 1.27. The molecule has 0 atom stereocenters. The minimum atomic E-state index is -0.0904. The van der Waals surface area contributed by atoms with Crippen LogP contribution in [0.1, 0.15) is 74.5 Å². The van der Waals surface area contributed by atoms with Gasteiger partial charge in [-0.15, -0.1) is 0 Å². The number of nitrogens with one attached hydrogen (secondary N) is 1. The molecule has 5 heteroatoms. The Morgan fingerprint density at radius 2 is 1.79 bits per heavy atom. The first kappa shape index (κ1) is 22.3. The molecule has 33 heavy (non-hydrogen) atoms. The second-order valence-corrected chi connectivity index (χ2v) is 10.3. The Labute approximate surface area is 197 Å². The molecule has 2 fully saturated rings. The molecule has 2 aromatic heterocycles. The van der Waals surface area contributed by atoms with E-state index in [1.807, 2.05) is 0 Å². The molecule has 0 unspecified atom stereocenters. The highest BCUT2D eigenvalue weighted by Crippen LogP contribution is 2.36. The van der Waals surface area contributed by atoms with E-state index in [-0.39, 0.29) is 5.91 Å². The van der Waals surface area contributed by atoms with Crippen molar-refractivity contribution in [2.45, 2.75) is 71.0 Å². The average Bonchev–Trinajstić information content (AvgIpc) is 3.51. The third kappa shape index (κ3) is 4.74. The zero-order valence-corrected chi connectivity index (χ0v) is 20.0. The van der Waals surface area contributed by atoms with E-state index in [1.54, 1.807) is 6.07 Å². The van der Waals surface area contributed by atoms with Crippen LogP contribution in [0.25, 0.3) is 10.9 Å². The number of carbonyl (C=O) groups is 1. The maximum absolute atomic E-state index is 12.5. The first-order valence-corrected chi connectivity index (χ1v) is 12.7. The molecular formula is C28H37N3O2. The van der Waals surface area contributed by atoms with Gasteiger partial charge in [-0.2, -0.15) is 0 Å². The van der Waals surface area contributed by atoms with Gasteiger partial charge in [0.05, 0.1) is 18.4 Å². The van der Waals surface area contributed by atoms with Crippen molar-refractivity contribution in [2.75, 3.05) is 13.1 Å². The number of carbonyl (C=O) groups excluding carboxylic acids is 1. The summed E-state index contributed by atoms with van der Waals surface area (Å²) in [6.07, 6.45) is 10.9. The maximum Gasteiger partial charge on any atom is 0.254 e. The van der Waals surface area contributed by atoms with Crippen LogP contribution in [0, 0.1) is 11.8 Å². The van der Waals surface area contributed by atoms with Crippen LogP contribution in [0.4, 0.5) is 0 Å². The van der Waals surface area contributed by atoms with Gasteiger partial charge in [-0.1, -0.05) is 32.0 Å². The molecule has 1 amide bonds. The third-order valence-corrected chi connectivity index (χ3v) is 8.11. The van der Waals surface area contributed by atoms with Crippen LogP contribution in [0.3, 0.4) is 0 Å². The molecule has 176 valence electrons. The molecule has 5 nitrogen and oxygen atoms in total. The number of fused-ring (bicyclic) bond motifs is 1. The Morgan fingerprint density at radius 1 is 1.03 bits per heavy atom. The molecule has 1 saturated heterocycles. The van der Waals surface area contributed by atoms with E-state index in [4.69, 9.17) is 4.42 Å². The van der Waals surface area contributed by atoms with Gasteiger partial charge in [0.1, 0.15) is 6.26 Å². The minimum absolute atomic E-state index is 0.0904. The lowest BCUT2D eigenvalue weighted by atomic mass is 9.79. The molecule has 0 bridgehead atoms. The SMILES string of the molecule is CC(C)C1CCC(N2CCC(n3c(CNC(=O)c4ccoc4)cc4ccccc43)CC2)CC1. The van der Waals surface area contributed by atoms with Crippen molar-refractivity contribution in [1.82, 2.24) is 14.8 Å². The van der Waals surface area contributed by atoms with E-state index in [1.165, 1.54) is 80.7 Å². The van der Waals surface area contributed by atoms with Gasteiger partial charge >= 0.3 is 0 Å². The molecule has 1 saturated carbocycles. The van der Waals surface area contributed by atoms with Gasteiger partial charge in [-0.05, 0) is 73.9 Å². The number of para-hydroxylation sites is 1. The molecule has 1 aromatic carbocycles. The van der Waals surface area contributed by atoms with Crippen LogP contribution in [0.5, 0.6) is 0 Å². The fraction of sp³-hybridized carbons (Fsp3) is 0.536. The number of amides is 1. The summed E-state index contributed by atoms with van der Waals surface area (Å²) in [5.74, 6) is 1.66. The van der Waals surface area contributed by atoms with Crippen LogP contribution < -0.4 is 5.32 Å². The Kier molecular flexibility index (Phi) is 6.59. The van der Waals surface area contributed by atoms with Gasteiger partial charge in [0.15, 0.2) is 0 Å². The summed E-state index contributed by atoms with van der Waals surface area (Å²) >= 11 is 0. The molecule has 5 rings (SSSR count). The fourth-order valence-corrected chi connectivity index (χ4v) is 6.11. The Morgan fingerprint density at radius 3 is 2.48 bits per heavy atom. The first-order valence-electron chi connectivity index (χ1n) is 12.7. The standard InChI is InChI=1S/C28H37N3O2/c1-20(2)21-7-9-24(10-8-21)30-14-11-25(12-15-30)31-26(17-22-5-3-4-6-27(22)31)18-29-28(32)23-13-16-33-19-23/h3-6,13,16-17,19-21,24-25H,7-12,14-15,18H2,1-2H3,(H,29,32). The fourth-order valence-electron chi connectivity index (χ4n) is 6.11. The quantitative estimate of drug-likeness (QED) is 0.503. The van der Waals surface area contributed by atoms with Gasteiger partial charge in [-0.3, -0.25) is 4.79 Å². The molecule has 0 spiro atoms. The summed E-state index contributed by atoms with van der Waals surface area (Å²) < 4.78 is 7.56. The number of nitrogens with zero attached hydrogens (tertiary/aromatic N) is 2. The van der Waals surface area contributed by atoms with Crippen molar-refractivity contribution in [3.8, 4) is 0 Å². The summed E-state index contributed by atoms with van der Waals surface area (Å²) in [7, 11) is 0. The minimum Gasteiger partial charge on any atom is -0.472 e. The normalized spacial score (nSPS) is 22.8. The number of hydrogen-bond donors (Lipinski definition) is 1. The van der Waals surface area contributed by atoms with Gasteiger partial charge in [0.25, 0.3) is 5.91 Å². The molecule has 1 aliphatic carbocycles. The lowest BCUT2D eigenvalue weighted by Crippen LogP contribution is -2.44. The van der Waals surface area contributed by atoms with Crippen molar-refractivity contribution in [3.05, 3.63) is 60.2 Å². The van der Waals surface area contributed by atoms with Crippen molar-refractivity contribution >= 4 is 16.8 Å². The molecule has 0 radical (unpaired) electrons. The average molecular weight is 448 g/mol. The molecule has 2 aliphatic rings. The Bertz CT molecular complexity index is 1050. The van der Waals surface area contributed by atoms with Crippen molar-refractivity contribution < 1.29 is 9.21 Å². The number of hydrogen-bond acceptors (Lipinski definition) is 3. The summed E-state index contributed by atoms with van der Waals surface area (Å²) in [5, 5.41) is 4.33. The van der Waals surface area contributed by atoms with Gasteiger partial charge in [0, 0.05) is 36.4 Å². The maximum atomic E-state index is 12.5. The monoisotopic (exact) mass is 447 g/mol. The van der Waals surface area contributed by atoms with E-state index in [9.17, 15) is 4.79 Å². The lowest BCUT2D eigenvalue weighted by Gasteiger charge is -2.42.